The standard InChI is InChI=1S/C12H15N3O2/c1-3-15(4-2)12-13-11(17-14-12)9-7-5-6-8-10(9)16/h5-8,16H,3-4H2,1-2H3. The molecular weight excluding hydrogens is 218 g/mol. The largest absolute Gasteiger partial charge is 0.507 e. The summed E-state index contributed by atoms with van der Waals surface area (Å²) in [5, 5.41) is 13.6. The highest BCUT2D eigenvalue weighted by Crippen LogP contribution is 2.28. The molecule has 0 aliphatic rings. The van der Waals surface area contributed by atoms with E-state index in [0.29, 0.717) is 17.4 Å². The van der Waals surface area contributed by atoms with E-state index in [4.69, 9.17) is 4.52 Å². The van der Waals surface area contributed by atoms with Crippen molar-refractivity contribution in [2.45, 2.75) is 13.8 Å². The summed E-state index contributed by atoms with van der Waals surface area (Å²) in [5.41, 5.74) is 0.554. The van der Waals surface area contributed by atoms with Crippen LogP contribution in [0.15, 0.2) is 28.8 Å². The van der Waals surface area contributed by atoms with Crippen molar-refractivity contribution in [3.63, 3.8) is 0 Å². The number of para-hydroxylation sites is 1. The van der Waals surface area contributed by atoms with E-state index in [-0.39, 0.29) is 5.75 Å². The number of benzene rings is 1. The van der Waals surface area contributed by atoms with Gasteiger partial charge in [-0.05, 0) is 31.1 Å². The van der Waals surface area contributed by atoms with Gasteiger partial charge in [0.05, 0.1) is 5.56 Å². The third-order valence-corrected chi connectivity index (χ3v) is 2.60. The zero-order valence-electron chi connectivity index (χ0n) is 9.92. The van der Waals surface area contributed by atoms with Crippen LogP contribution in [0.3, 0.4) is 0 Å². The molecule has 1 aromatic heterocycles. The van der Waals surface area contributed by atoms with Crippen LogP contribution in [0, 0.1) is 0 Å². The Kier molecular flexibility index (Phi) is 3.27. The first-order chi connectivity index (χ1) is 8.26. The molecule has 90 valence electrons. The number of hydrogen-bond donors (Lipinski definition) is 1. The Morgan fingerprint density at radius 3 is 2.59 bits per heavy atom. The summed E-state index contributed by atoms with van der Waals surface area (Å²) >= 11 is 0. The van der Waals surface area contributed by atoms with E-state index in [9.17, 15) is 5.11 Å². The van der Waals surface area contributed by atoms with Crippen LogP contribution in [-0.2, 0) is 0 Å². The van der Waals surface area contributed by atoms with Crippen LogP contribution in [0.1, 0.15) is 13.8 Å². The molecule has 0 spiro atoms. The van der Waals surface area contributed by atoms with E-state index in [1.54, 1.807) is 18.2 Å². The lowest BCUT2D eigenvalue weighted by molar-refractivity contribution is 0.423. The van der Waals surface area contributed by atoms with Crippen molar-refractivity contribution in [1.29, 1.82) is 0 Å². The number of phenols is 1. The van der Waals surface area contributed by atoms with Crippen LogP contribution in [0.4, 0.5) is 5.95 Å². The number of rotatable bonds is 4. The Hall–Kier alpha value is -2.04. The maximum atomic E-state index is 9.68. The van der Waals surface area contributed by atoms with Crippen molar-refractivity contribution < 1.29 is 9.63 Å². The first-order valence-corrected chi connectivity index (χ1v) is 5.63. The number of aromatic nitrogens is 2. The minimum atomic E-state index is 0.141. The van der Waals surface area contributed by atoms with Crippen molar-refractivity contribution in [1.82, 2.24) is 10.1 Å². The Balaban J connectivity index is 2.33. The van der Waals surface area contributed by atoms with Crippen LogP contribution >= 0.6 is 0 Å². The molecule has 5 nitrogen and oxygen atoms in total. The van der Waals surface area contributed by atoms with Crippen LogP contribution in [0.25, 0.3) is 11.5 Å². The average molecular weight is 233 g/mol. The Bertz CT molecular complexity index is 492. The number of anilines is 1. The Morgan fingerprint density at radius 1 is 1.24 bits per heavy atom. The molecule has 0 saturated heterocycles. The molecule has 1 heterocycles. The van der Waals surface area contributed by atoms with Gasteiger partial charge in [0.25, 0.3) is 11.8 Å². The van der Waals surface area contributed by atoms with Crippen molar-refractivity contribution in [3.05, 3.63) is 24.3 Å². The van der Waals surface area contributed by atoms with Crippen molar-refractivity contribution in [2.24, 2.45) is 0 Å². The van der Waals surface area contributed by atoms with Crippen molar-refractivity contribution >= 4 is 5.95 Å². The molecule has 0 aliphatic heterocycles. The monoisotopic (exact) mass is 233 g/mol. The Labute approximate surface area is 99.7 Å². The number of phenolic OH excluding ortho intramolecular Hbond substituents is 1. The van der Waals surface area contributed by atoms with E-state index in [1.165, 1.54) is 0 Å². The highest BCUT2D eigenvalue weighted by molar-refractivity contribution is 5.62. The summed E-state index contributed by atoms with van der Waals surface area (Å²) in [6.07, 6.45) is 0. The normalized spacial score (nSPS) is 10.5. The zero-order valence-corrected chi connectivity index (χ0v) is 9.92. The second-order valence-electron chi connectivity index (χ2n) is 3.59. The first-order valence-electron chi connectivity index (χ1n) is 5.63. The van der Waals surface area contributed by atoms with E-state index in [1.807, 2.05) is 24.8 Å². The Morgan fingerprint density at radius 2 is 1.94 bits per heavy atom. The SMILES string of the molecule is CCN(CC)c1noc(-c2ccccc2O)n1. The third kappa shape index (κ3) is 2.22. The molecule has 1 aromatic carbocycles. The number of nitrogens with zero attached hydrogens (tertiary/aromatic N) is 3. The quantitative estimate of drug-likeness (QED) is 0.877. The lowest BCUT2D eigenvalue weighted by Gasteiger charge is -2.14. The molecule has 0 fully saturated rings. The second kappa shape index (κ2) is 4.86. The molecule has 2 aromatic rings. The van der Waals surface area contributed by atoms with Crippen LogP contribution in [0.5, 0.6) is 5.75 Å². The fraction of sp³-hybridized carbons (Fsp3) is 0.333. The van der Waals surface area contributed by atoms with Gasteiger partial charge in [0, 0.05) is 13.1 Å². The maximum Gasteiger partial charge on any atom is 0.266 e. The maximum absolute atomic E-state index is 9.68. The van der Waals surface area contributed by atoms with Gasteiger partial charge < -0.3 is 14.5 Å². The summed E-state index contributed by atoms with van der Waals surface area (Å²) in [6, 6.07) is 6.91. The summed E-state index contributed by atoms with van der Waals surface area (Å²) in [7, 11) is 0. The van der Waals surface area contributed by atoms with Gasteiger partial charge in [0.2, 0.25) is 0 Å². The van der Waals surface area contributed by atoms with Gasteiger partial charge in [-0.25, -0.2) is 0 Å². The molecule has 0 atom stereocenters. The van der Waals surface area contributed by atoms with Crippen molar-refractivity contribution in [2.75, 3.05) is 18.0 Å². The second-order valence-corrected chi connectivity index (χ2v) is 3.59. The van der Waals surface area contributed by atoms with Gasteiger partial charge in [0.1, 0.15) is 5.75 Å². The minimum Gasteiger partial charge on any atom is -0.507 e. The third-order valence-electron chi connectivity index (χ3n) is 2.60. The van der Waals surface area contributed by atoms with Crippen LogP contribution < -0.4 is 4.90 Å². The summed E-state index contributed by atoms with van der Waals surface area (Å²) < 4.78 is 5.15. The predicted octanol–water partition coefficient (Wildman–Crippen LogP) is 2.29. The highest BCUT2D eigenvalue weighted by Gasteiger charge is 2.14. The fourth-order valence-corrected chi connectivity index (χ4v) is 1.61. The topological polar surface area (TPSA) is 62.4 Å². The van der Waals surface area contributed by atoms with E-state index < -0.39 is 0 Å². The van der Waals surface area contributed by atoms with Crippen molar-refractivity contribution in [3.8, 4) is 17.2 Å². The molecule has 0 unspecified atom stereocenters. The minimum absolute atomic E-state index is 0.141. The zero-order chi connectivity index (χ0) is 12.3. The molecule has 2 rings (SSSR count). The van der Waals surface area contributed by atoms with Crippen LogP contribution in [0.2, 0.25) is 0 Å². The van der Waals surface area contributed by atoms with Crippen LogP contribution in [-0.4, -0.2) is 28.3 Å². The molecule has 0 aliphatic carbocycles. The lowest BCUT2D eigenvalue weighted by atomic mass is 10.2. The molecule has 0 bridgehead atoms. The molecule has 0 saturated carbocycles. The predicted molar refractivity (Wildman–Crippen MR) is 65.0 cm³/mol. The average Bonchev–Trinajstić information content (AvgIpc) is 2.81. The van der Waals surface area contributed by atoms with Gasteiger partial charge in [-0.15, -0.1) is 0 Å². The highest BCUT2D eigenvalue weighted by atomic mass is 16.5. The molecule has 0 amide bonds. The smallest absolute Gasteiger partial charge is 0.266 e. The fourth-order valence-electron chi connectivity index (χ4n) is 1.61. The number of hydrogen-bond acceptors (Lipinski definition) is 5. The van der Waals surface area contributed by atoms with Gasteiger partial charge in [-0.2, -0.15) is 4.98 Å². The van der Waals surface area contributed by atoms with Gasteiger partial charge in [-0.3, -0.25) is 0 Å². The summed E-state index contributed by atoms with van der Waals surface area (Å²) in [6.45, 7) is 5.69. The molecule has 17 heavy (non-hydrogen) atoms. The lowest BCUT2D eigenvalue weighted by Crippen LogP contribution is -2.22. The van der Waals surface area contributed by atoms with E-state index >= 15 is 0 Å². The summed E-state index contributed by atoms with van der Waals surface area (Å²) in [5.74, 6) is 1.03. The van der Waals surface area contributed by atoms with E-state index in [2.05, 4.69) is 10.1 Å². The van der Waals surface area contributed by atoms with Gasteiger partial charge in [0.15, 0.2) is 0 Å². The first kappa shape index (κ1) is 11.4. The molecular formula is C12H15N3O2. The molecule has 5 heteroatoms. The van der Waals surface area contributed by atoms with Gasteiger partial charge in [-0.1, -0.05) is 12.1 Å². The van der Waals surface area contributed by atoms with E-state index in [0.717, 1.165) is 13.1 Å². The summed E-state index contributed by atoms with van der Waals surface area (Å²) in [4.78, 5) is 6.25. The molecule has 1 N–H and O–H groups in total. The van der Waals surface area contributed by atoms with Gasteiger partial charge >= 0.3 is 0 Å². The number of aromatic hydroxyl groups is 1. The molecule has 0 radical (unpaired) electrons.